The van der Waals surface area contributed by atoms with Gasteiger partial charge in [-0.1, -0.05) is 20.4 Å². The number of hydrogen-bond donors (Lipinski definition) is 0. The molecular formula is C15H17FN4O2. The molecule has 0 aromatic carbocycles. The quantitative estimate of drug-likeness (QED) is 0.855. The predicted octanol–water partition coefficient (Wildman–Crippen LogP) is 1.33. The van der Waals surface area contributed by atoms with E-state index in [2.05, 4.69) is 21.8 Å². The molecule has 1 saturated carbocycles. The lowest BCUT2D eigenvalue weighted by molar-refractivity contribution is -0.125. The van der Waals surface area contributed by atoms with Crippen molar-refractivity contribution >= 4 is 18.2 Å². The number of nitrogens with zero attached hydrogens (tertiary/aromatic N) is 4. The van der Waals surface area contributed by atoms with E-state index in [1.165, 1.54) is 11.6 Å². The Labute approximate surface area is 126 Å². The molecule has 1 aliphatic rings. The highest BCUT2D eigenvalue weighted by Crippen LogP contribution is 2.32. The molecule has 22 heavy (non-hydrogen) atoms. The average molecular weight is 304 g/mol. The van der Waals surface area contributed by atoms with Crippen molar-refractivity contribution in [1.82, 2.24) is 19.9 Å². The van der Waals surface area contributed by atoms with Crippen LogP contribution in [0.25, 0.3) is 18.4 Å². The van der Waals surface area contributed by atoms with Crippen LogP contribution >= 0.6 is 0 Å². The molecule has 0 saturated heterocycles. The summed E-state index contributed by atoms with van der Waals surface area (Å²) < 4.78 is 20.4. The highest BCUT2D eigenvalue weighted by Gasteiger charge is 2.33. The van der Waals surface area contributed by atoms with Crippen LogP contribution in [0.2, 0.25) is 0 Å². The lowest BCUT2D eigenvalue weighted by atomic mass is 9.84. The van der Waals surface area contributed by atoms with Gasteiger partial charge in [0.15, 0.2) is 0 Å². The van der Waals surface area contributed by atoms with Gasteiger partial charge in [0, 0.05) is 18.1 Å². The van der Waals surface area contributed by atoms with Crippen molar-refractivity contribution in [3.8, 4) is 5.95 Å². The SMILES string of the molecule is C=c1c(C(C)C)nn(-c2noc(C3CC(=O)C3)n2)c1=C(C)F. The second-order valence-corrected chi connectivity index (χ2v) is 5.89. The zero-order chi connectivity index (χ0) is 16.0. The van der Waals surface area contributed by atoms with Gasteiger partial charge in [0.25, 0.3) is 5.95 Å². The maximum atomic E-state index is 13.9. The number of halogens is 1. The second-order valence-electron chi connectivity index (χ2n) is 5.89. The Bertz CT molecular complexity index is 838. The summed E-state index contributed by atoms with van der Waals surface area (Å²) in [5, 5.41) is 9.02. The molecule has 116 valence electrons. The van der Waals surface area contributed by atoms with Gasteiger partial charge in [-0.25, -0.2) is 4.39 Å². The molecule has 0 atom stereocenters. The first kappa shape index (κ1) is 14.6. The Balaban J connectivity index is 2.09. The van der Waals surface area contributed by atoms with Gasteiger partial charge in [-0.05, 0) is 18.0 Å². The van der Waals surface area contributed by atoms with E-state index in [1.807, 2.05) is 13.8 Å². The fourth-order valence-electron chi connectivity index (χ4n) is 2.57. The normalized spacial score (nSPS) is 17.0. The van der Waals surface area contributed by atoms with Gasteiger partial charge in [-0.15, -0.1) is 0 Å². The van der Waals surface area contributed by atoms with Gasteiger partial charge in [0.05, 0.1) is 11.6 Å². The van der Waals surface area contributed by atoms with E-state index < -0.39 is 5.83 Å². The van der Waals surface area contributed by atoms with Crippen LogP contribution in [0.3, 0.4) is 0 Å². The smallest absolute Gasteiger partial charge is 0.291 e. The number of carbonyl (C=O) groups excluding carboxylic acids is 1. The van der Waals surface area contributed by atoms with Gasteiger partial charge < -0.3 is 4.52 Å². The summed E-state index contributed by atoms with van der Waals surface area (Å²) >= 11 is 0. The zero-order valence-electron chi connectivity index (χ0n) is 12.8. The molecule has 1 aliphatic carbocycles. The highest BCUT2D eigenvalue weighted by molar-refractivity contribution is 5.86. The summed E-state index contributed by atoms with van der Waals surface area (Å²) in [6.45, 7) is 9.18. The summed E-state index contributed by atoms with van der Waals surface area (Å²) in [4.78, 5) is 15.3. The minimum absolute atomic E-state index is 0.0352. The number of hydrogen-bond acceptors (Lipinski definition) is 5. The van der Waals surface area contributed by atoms with Crippen LogP contribution in [0.4, 0.5) is 4.39 Å². The summed E-state index contributed by atoms with van der Waals surface area (Å²) in [7, 11) is 0. The van der Waals surface area contributed by atoms with Crippen LogP contribution in [0.15, 0.2) is 4.52 Å². The van der Waals surface area contributed by atoms with Crippen molar-refractivity contribution in [1.29, 1.82) is 0 Å². The molecule has 7 heteroatoms. The third-order valence-corrected chi connectivity index (χ3v) is 3.81. The van der Waals surface area contributed by atoms with Crippen LogP contribution in [0.1, 0.15) is 57.0 Å². The second kappa shape index (κ2) is 5.15. The molecule has 0 unspecified atom stereocenters. The summed E-state index contributed by atoms with van der Waals surface area (Å²) in [6.07, 6.45) is 0.833. The molecule has 6 nitrogen and oxygen atoms in total. The monoisotopic (exact) mass is 304 g/mol. The van der Waals surface area contributed by atoms with Gasteiger partial charge in [0.1, 0.15) is 17.0 Å². The lowest BCUT2D eigenvalue weighted by Crippen LogP contribution is -2.30. The third-order valence-electron chi connectivity index (χ3n) is 3.81. The first-order valence-corrected chi connectivity index (χ1v) is 7.18. The fourth-order valence-corrected chi connectivity index (χ4v) is 2.57. The Hall–Kier alpha value is -2.31. The molecule has 0 bridgehead atoms. The average Bonchev–Trinajstić information content (AvgIpc) is 2.98. The first-order chi connectivity index (χ1) is 10.4. The van der Waals surface area contributed by atoms with E-state index in [9.17, 15) is 9.18 Å². The molecule has 0 radical (unpaired) electrons. The van der Waals surface area contributed by atoms with Crippen LogP contribution in [0, 0.1) is 0 Å². The van der Waals surface area contributed by atoms with E-state index >= 15 is 0 Å². The number of rotatable bonds is 3. The Kier molecular flexibility index (Phi) is 3.42. The number of ketones is 1. The van der Waals surface area contributed by atoms with Crippen LogP contribution < -0.4 is 10.6 Å². The standard InChI is InChI=1S/C15H17FN4O2/c1-7(2)12-8(3)13(9(4)16)20(18-12)15-17-14(22-19-15)10-5-11(21)6-10/h7,10H,3,5-6H2,1-2,4H3. The number of carbonyl (C=O) groups is 1. The summed E-state index contributed by atoms with van der Waals surface area (Å²) in [5.74, 6) is 0.395. The van der Waals surface area contributed by atoms with Crippen molar-refractivity contribution < 1.29 is 13.7 Å². The van der Waals surface area contributed by atoms with E-state index in [0.717, 1.165) is 0 Å². The molecule has 0 amide bonds. The van der Waals surface area contributed by atoms with Crippen LogP contribution in [-0.2, 0) is 4.79 Å². The van der Waals surface area contributed by atoms with Crippen molar-refractivity contribution in [2.75, 3.05) is 0 Å². The molecule has 2 aromatic heterocycles. The Morgan fingerprint density at radius 2 is 2.14 bits per heavy atom. The first-order valence-electron chi connectivity index (χ1n) is 7.18. The van der Waals surface area contributed by atoms with E-state index in [0.29, 0.717) is 29.6 Å². The van der Waals surface area contributed by atoms with Crippen LogP contribution in [0.5, 0.6) is 0 Å². The minimum atomic E-state index is -0.408. The van der Waals surface area contributed by atoms with Crippen molar-refractivity contribution in [2.24, 2.45) is 0 Å². The Morgan fingerprint density at radius 1 is 1.45 bits per heavy atom. The van der Waals surface area contributed by atoms with Gasteiger partial charge in [0.2, 0.25) is 5.89 Å². The van der Waals surface area contributed by atoms with Crippen LogP contribution in [-0.4, -0.2) is 25.7 Å². The lowest BCUT2D eigenvalue weighted by Gasteiger charge is -2.19. The molecule has 0 N–H and O–H groups in total. The van der Waals surface area contributed by atoms with E-state index in [1.54, 1.807) is 0 Å². The van der Waals surface area contributed by atoms with Gasteiger partial charge in [-0.3, -0.25) is 4.79 Å². The summed E-state index contributed by atoms with van der Waals surface area (Å²) in [5.41, 5.74) is 0.692. The molecule has 0 spiro atoms. The maximum Gasteiger partial charge on any atom is 0.291 e. The zero-order valence-corrected chi connectivity index (χ0v) is 12.8. The van der Waals surface area contributed by atoms with Crippen molar-refractivity contribution in [3.63, 3.8) is 0 Å². The minimum Gasteiger partial charge on any atom is -0.337 e. The highest BCUT2D eigenvalue weighted by atomic mass is 19.1. The molecule has 2 aromatic rings. The predicted molar refractivity (Wildman–Crippen MR) is 77.5 cm³/mol. The summed E-state index contributed by atoms with van der Waals surface area (Å²) in [6, 6.07) is 0. The third kappa shape index (κ3) is 2.26. The van der Waals surface area contributed by atoms with E-state index in [4.69, 9.17) is 4.52 Å². The molecular weight excluding hydrogens is 287 g/mol. The Morgan fingerprint density at radius 3 is 2.68 bits per heavy atom. The molecule has 3 rings (SSSR count). The van der Waals surface area contributed by atoms with E-state index in [-0.39, 0.29) is 28.9 Å². The van der Waals surface area contributed by atoms with Crippen molar-refractivity contribution in [2.45, 2.75) is 45.4 Å². The molecule has 0 aliphatic heterocycles. The fraction of sp³-hybridized carbons (Fsp3) is 0.467. The maximum absolute atomic E-state index is 13.9. The van der Waals surface area contributed by atoms with Gasteiger partial charge in [-0.2, -0.15) is 14.8 Å². The number of Topliss-reactive ketones (excluding diaryl/α,β-unsaturated/α-hetero) is 1. The van der Waals surface area contributed by atoms with Crippen molar-refractivity contribution in [3.05, 3.63) is 22.2 Å². The largest absolute Gasteiger partial charge is 0.337 e. The molecule has 2 heterocycles. The number of aromatic nitrogens is 4. The topological polar surface area (TPSA) is 73.8 Å². The molecule has 1 fully saturated rings. The van der Waals surface area contributed by atoms with Gasteiger partial charge >= 0.3 is 0 Å².